The van der Waals surface area contributed by atoms with E-state index in [2.05, 4.69) is 10.4 Å². The Kier molecular flexibility index (Phi) is 9.48. The molecule has 3 heterocycles. The average molecular weight is 804 g/mol. The van der Waals surface area contributed by atoms with Crippen molar-refractivity contribution in [2.45, 2.75) is 36.8 Å². The maximum atomic E-state index is 15.3. The molecule has 0 radical (unpaired) electrons. The molecule has 2 aromatic carbocycles. The first kappa shape index (κ1) is 37.9. The van der Waals surface area contributed by atoms with Crippen LogP contribution >= 0.6 is 23.2 Å². The third-order valence-electron chi connectivity index (χ3n) is 11.0. The van der Waals surface area contributed by atoms with Crippen molar-refractivity contribution in [2.24, 2.45) is 23.7 Å². The van der Waals surface area contributed by atoms with Crippen molar-refractivity contribution in [1.29, 1.82) is 0 Å². The lowest BCUT2D eigenvalue weighted by molar-refractivity contribution is -0.143. The normalized spacial score (nSPS) is 26.0. The number of phenolic OH excluding ortho intramolecular Hbond substituents is 1. The van der Waals surface area contributed by atoms with Crippen LogP contribution in [-0.2, 0) is 35.6 Å². The van der Waals surface area contributed by atoms with Gasteiger partial charge in [-0.1, -0.05) is 47.0 Å². The highest BCUT2D eigenvalue weighted by Gasteiger charge is 2.70. The van der Waals surface area contributed by atoms with E-state index in [-0.39, 0.29) is 36.6 Å². The number of carboxylic acids is 1. The summed E-state index contributed by atoms with van der Waals surface area (Å²) < 4.78 is 51.4. The maximum absolute atomic E-state index is 15.3. The molecule has 4 aliphatic rings. The summed E-state index contributed by atoms with van der Waals surface area (Å²) in [7, 11) is 2.60. The molecule has 7 rings (SSSR count). The first-order valence-corrected chi connectivity index (χ1v) is 17.7. The number of fused-ring (bicyclic) bond motifs is 4. The number of alkyl halides is 3. The molecule has 0 spiro atoms. The Morgan fingerprint density at radius 1 is 1.00 bits per heavy atom. The fourth-order valence-corrected chi connectivity index (χ4v) is 9.07. The first-order valence-electron chi connectivity index (χ1n) is 16.9. The van der Waals surface area contributed by atoms with E-state index in [1.165, 1.54) is 38.5 Å². The third kappa shape index (κ3) is 5.93. The minimum atomic E-state index is -4.79. The van der Waals surface area contributed by atoms with Gasteiger partial charge >= 0.3 is 12.1 Å². The monoisotopic (exact) mass is 802 g/mol. The number of phenols is 1. The second-order valence-electron chi connectivity index (χ2n) is 13.7. The summed E-state index contributed by atoms with van der Waals surface area (Å²) in [5, 5.41) is 20.6. The van der Waals surface area contributed by atoms with Crippen LogP contribution in [0.1, 0.15) is 41.9 Å². The first-order chi connectivity index (χ1) is 26.0. The van der Waals surface area contributed by atoms with Gasteiger partial charge in [0.2, 0.25) is 17.6 Å². The molecular formula is C37H31Cl2F3N4O9. The van der Waals surface area contributed by atoms with E-state index >= 15 is 4.79 Å². The number of halogens is 5. The molecule has 55 heavy (non-hydrogen) atoms. The summed E-state index contributed by atoms with van der Waals surface area (Å²) >= 11 is 12.5. The SMILES string of the molecule is COc1cc([C@H]2C3=CC[C@@H]4C(=O)N(CCC(=O)O)C(=O)[C@@H]4[C@@H]3C[C@H]3C(=O)N(Nc4ncc(C(F)(F)F)cc4Cl)C(=O)[C@@]23c2ccc(Cl)cc2)cc(OC)c1O. The number of benzene rings is 2. The molecule has 3 aromatic rings. The second kappa shape index (κ2) is 13.7. The number of likely N-dealkylation sites (tertiary alicyclic amines) is 1. The highest BCUT2D eigenvalue weighted by atomic mass is 35.5. The van der Waals surface area contributed by atoms with Crippen LogP contribution in [-0.4, -0.2) is 75.5 Å². The number of carbonyl (C=O) groups is 5. The molecule has 2 aliphatic carbocycles. The Balaban J connectivity index is 1.45. The van der Waals surface area contributed by atoms with Crippen LogP contribution in [0.4, 0.5) is 19.0 Å². The van der Waals surface area contributed by atoms with Crippen LogP contribution in [0.25, 0.3) is 0 Å². The minimum absolute atomic E-state index is 0.0457. The number of allylic oxidation sites excluding steroid dienone is 2. The number of hydrazine groups is 1. The standard InChI is InChI=1S/C37H31Cl2F3N4O9/c1-54-25-11-16(12-26(55-2)30(25)49)29-20-7-8-21-28(34(52)45(32(21)50)10-9-27(47)48)22(20)14-23-33(51)46(35(53)36(23,29)17-3-5-19(38)6-4-17)44-31-24(39)13-18(15-43-31)37(40,41)42/h3-7,11-13,15,21-23,28-29,49H,8-10,14H2,1-2H3,(H,43,44)(H,47,48)/t21-,22+,23-,28-,29-,36+/m0/s1. The van der Waals surface area contributed by atoms with Gasteiger partial charge in [-0.05, 0) is 60.2 Å². The Bertz CT molecular complexity index is 2160. The number of aromatic nitrogens is 1. The van der Waals surface area contributed by atoms with Gasteiger partial charge in [0.15, 0.2) is 17.3 Å². The van der Waals surface area contributed by atoms with Gasteiger partial charge < -0.3 is 19.7 Å². The number of aliphatic carboxylic acids is 1. The van der Waals surface area contributed by atoms with E-state index in [0.717, 1.165) is 4.90 Å². The summed E-state index contributed by atoms with van der Waals surface area (Å²) in [5.74, 6) is -10.1. The minimum Gasteiger partial charge on any atom is -0.502 e. The molecule has 2 saturated heterocycles. The van der Waals surface area contributed by atoms with Crippen LogP contribution in [0.15, 0.2) is 60.3 Å². The molecule has 0 unspecified atom stereocenters. The summed E-state index contributed by atoms with van der Waals surface area (Å²) in [6, 6.07) is 9.72. The third-order valence-corrected chi connectivity index (χ3v) is 11.6. The van der Waals surface area contributed by atoms with Gasteiger partial charge in [-0.2, -0.15) is 18.2 Å². The van der Waals surface area contributed by atoms with E-state index in [0.29, 0.717) is 39.0 Å². The number of nitrogens with zero attached hydrogens (tertiary/aromatic N) is 3. The lowest BCUT2D eigenvalue weighted by Gasteiger charge is -2.50. The van der Waals surface area contributed by atoms with Crippen molar-refractivity contribution in [3.05, 3.63) is 87.0 Å². The molecule has 4 amide bonds. The highest BCUT2D eigenvalue weighted by Crippen LogP contribution is 2.65. The van der Waals surface area contributed by atoms with Crippen LogP contribution in [0, 0.1) is 23.7 Å². The van der Waals surface area contributed by atoms with Crippen molar-refractivity contribution in [3.63, 3.8) is 0 Å². The molecule has 3 N–H and O–H groups in total. The molecule has 288 valence electrons. The summed E-state index contributed by atoms with van der Waals surface area (Å²) in [6.07, 6.45) is -3.12. The van der Waals surface area contributed by atoms with Gasteiger partial charge in [0, 0.05) is 23.7 Å². The van der Waals surface area contributed by atoms with E-state index in [9.17, 15) is 42.6 Å². The predicted octanol–water partition coefficient (Wildman–Crippen LogP) is 5.59. The number of imide groups is 2. The quantitative estimate of drug-likeness (QED) is 0.182. The Labute approximate surface area is 320 Å². The lowest BCUT2D eigenvalue weighted by atomic mass is 9.49. The Morgan fingerprint density at radius 2 is 1.65 bits per heavy atom. The van der Waals surface area contributed by atoms with Gasteiger partial charge in [-0.25, -0.2) is 4.98 Å². The van der Waals surface area contributed by atoms with Gasteiger partial charge in [-0.15, -0.1) is 0 Å². The molecule has 6 atom stereocenters. The number of rotatable bonds is 9. The lowest BCUT2D eigenvalue weighted by Crippen LogP contribution is -2.53. The fourth-order valence-electron chi connectivity index (χ4n) is 8.73. The van der Waals surface area contributed by atoms with Crippen molar-refractivity contribution in [1.82, 2.24) is 14.9 Å². The Hall–Kier alpha value is -5.35. The summed E-state index contributed by atoms with van der Waals surface area (Å²) in [5.41, 5.74) is 0.672. The molecule has 18 heteroatoms. The van der Waals surface area contributed by atoms with Crippen molar-refractivity contribution < 1.29 is 56.8 Å². The largest absolute Gasteiger partial charge is 0.502 e. The molecule has 13 nitrogen and oxygen atoms in total. The van der Waals surface area contributed by atoms with Crippen LogP contribution in [0.5, 0.6) is 17.2 Å². The zero-order valence-corrected chi connectivity index (χ0v) is 30.4. The second-order valence-corrected chi connectivity index (χ2v) is 14.5. The number of amides is 4. The van der Waals surface area contributed by atoms with Gasteiger partial charge in [-0.3, -0.25) is 34.3 Å². The number of carbonyl (C=O) groups excluding carboxylic acids is 4. The summed E-state index contributed by atoms with van der Waals surface area (Å²) in [6.45, 7) is -0.355. The number of methoxy groups -OCH3 is 2. The smallest absolute Gasteiger partial charge is 0.417 e. The highest BCUT2D eigenvalue weighted by molar-refractivity contribution is 6.33. The van der Waals surface area contributed by atoms with Crippen molar-refractivity contribution >= 4 is 58.6 Å². The molecule has 0 bridgehead atoms. The maximum Gasteiger partial charge on any atom is 0.417 e. The van der Waals surface area contributed by atoms with Crippen molar-refractivity contribution in [3.8, 4) is 17.2 Å². The molecule has 1 aromatic heterocycles. The fraction of sp³-hybridized carbons (Fsp3) is 0.351. The number of aromatic hydroxyl groups is 1. The number of hydrogen-bond acceptors (Lipinski definition) is 10. The van der Waals surface area contributed by atoms with E-state index < -0.39 is 93.6 Å². The van der Waals surface area contributed by atoms with Crippen LogP contribution in [0.3, 0.4) is 0 Å². The molecule has 2 aliphatic heterocycles. The van der Waals surface area contributed by atoms with E-state index in [1.807, 2.05) is 0 Å². The van der Waals surface area contributed by atoms with Gasteiger partial charge in [0.25, 0.3) is 11.8 Å². The molecule has 1 saturated carbocycles. The molecular weight excluding hydrogens is 772 g/mol. The van der Waals surface area contributed by atoms with Crippen LogP contribution in [0.2, 0.25) is 10.0 Å². The summed E-state index contributed by atoms with van der Waals surface area (Å²) in [4.78, 5) is 73.9. The average Bonchev–Trinajstić information content (AvgIpc) is 3.51. The van der Waals surface area contributed by atoms with Gasteiger partial charge in [0.05, 0.1) is 54.4 Å². The predicted molar refractivity (Wildman–Crippen MR) is 187 cm³/mol. The number of anilines is 1. The van der Waals surface area contributed by atoms with E-state index in [1.54, 1.807) is 18.2 Å². The number of carboxylic acid groups (broad SMARTS) is 1. The number of ether oxygens (including phenoxy) is 2. The number of pyridine rings is 1. The van der Waals surface area contributed by atoms with Crippen molar-refractivity contribution in [2.75, 3.05) is 26.2 Å². The van der Waals surface area contributed by atoms with Crippen LogP contribution < -0.4 is 14.9 Å². The molecule has 3 fully saturated rings. The van der Waals surface area contributed by atoms with E-state index in [4.69, 9.17) is 32.7 Å². The topological polar surface area (TPSA) is 176 Å². The van der Waals surface area contributed by atoms with Gasteiger partial charge in [0.1, 0.15) is 0 Å². The zero-order chi connectivity index (χ0) is 39.7. The number of nitrogens with one attached hydrogen (secondary N) is 1. The zero-order valence-electron chi connectivity index (χ0n) is 28.9. The number of hydrogen-bond donors (Lipinski definition) is 3. The Morgan fingerprint density at radius 3 is 2.24 bits per heavy atom.